The molecule has 0 aliphatic heterocycles. The first kappa shape index (κ1) is 17.5. The molecule has 0 aliphatic rings. The third-order valence-electron chi connectivity index (χ3n) is 3.32. The van der Waals surface area contributed by atoms with Gasteiger partial charge in [0.25, 0.3) is 0 Å². The number of nitrogens with one attached hydrogen (secondary N) is 1. The van der Waals surface area contributed by atoms with E-state index in [9.17, 15) is 4.79 Å². The number of ether oxygens (including phenoxy) is 1. The van der Waals surface area contributed by atoms with Gasteiger partial charge in [-0.25, -0.2) is 0 Å². The number of methoxy groups -OCH3 is 1. The summed E-state index contributed by atoms with van der Waals surface area (Å²) in [7, 11) is 1.61. The molecule has 0 radical (unpaired) electrons. The lowest BCUT2D eigenvalue weighted by molar-refractivity contribution is -0.120. The molecule has 0 aliphatic carbocycles. The Labute approximate surface area is 140 Å². The zero-order valence-corrected chi connectivity index (χ0v) is 14.5. The van der Waals surface area contributed by atoms with Crippen molar-refractivity contribution >= 4 is 17.7 Å². The Bertz CT molecular complexity index is 630. The van der Waals surface area contributed by atoms with E-state index >= 15 is 0 Å². The van der Waals surface area contributed by atoms with Gasteiger partial charge in [-0.3, -0.25) is 4.79 Å². The van der Waals surface area contributed by atoms with E-state index in [-0.39, 0.29) is 11.2 Å². The Hall–Kier alpha value is -1.86. The smallest absolute Gasteiger partial charge is 0.233 e. The highest BCUT2D eigenvalue weighted by Crippen LogP contribution is 2.26. The van der Waals surface area contributed by atoms with Crippen molar-refractivity contribution in [3.05, 3.63) is 30.3 Å². The van der Waals surface area contributed by atoms with Gasteiger partial charge in [-0.05, 0) is 13.8 Å². The highest BCUT2D eigenvalue weighted by atomic mass is 32.2. The van der Waals surface area contributed by atoms with Crippen LogP contribution in [0.15, 0.2) is 35.5 Å². The van der Waals surface area contributed by atoms with E-state index in [0.717, 1.165) is 23.1 Å². The van der Waals surface area contributed by atoms with Crippen LogP contribution >= 0.6 is 11.8 Å². The zero-order chi connectivity index (χ0) is 16.7. The summed E-state index contributed by atoms with van der Waals surface area (Å²) in [6, 6.07) is 9.93. The molecule has 0 saturated carbocycles. The highest BCUT2D eigenvalue weighted by Gasteiger charge is 2.19. The number of rotatable bonds is 8. The molecule has 6 nitrogen and oxygen atoms in total. The SMILES string of the molecule is CCn1c(S[C@@H](C)C(=O)NCCOC)nnc1-c1ccccc1. The van der Waals surface area contributed by atoms with Crippen LogP contribution in [0.25, 0.3) is 11.4 Å². The number of hydrogen-bond acceptors (Lipinski definition) is 5. The maximum atomic E-state index is 12.1. The lowest BCUT2D eigenvalue weighted by Gasteiger charge is -2.12. The van der Waals surface area contributed by atoms with Crippen LogP contribution in [-0.2, 0) is 16.1 Å². The predicted octanol–water partition coefficient (Wildman–Crippen LogP) is 2.21. The molecule has 0 fully saturated rings. The molecule has 23 heavy (non-hydrogen) atoms. The molecule has 7 heteroatoms. The van der Waals surface area contributed by atoms with Crippen LogP contribution in [0.5, 0.6) is 0 Å². The molecule has 2 aromatic rings. The Morgan fingerprint density at radius 1 is 1.35 bits per heavy atom. The van der Waals surface area contributed by atoms with Crippen molar-refractivity contribution in [2.24, 2.45) is 0 Å². The molecule has 2 rings (SSSR count). The van der Waals surface area contributed by atoms with Crippen molar-refractivity contribution in [3.8, 4) is 11.4 Å². The molecule has 1 aromatic heterocycles. The predicted molar refractivity (Wildman–Crippen MR) is 91.3 cm³/mol. The highest BCUT2D eigenvalue weighted by molar-refractivity contribution is 8.00. The molecule has 1 atom stereocenters. The lowest BCUT2D eigenvalue weighted by atomic mass is 10.2. The largest absolute Gasteiger partial charge is 0.383 e. The van der Waals surface area contributed by atoms with Crippen LogP contribution in [0.2, 0.25) is 0 Å². The fraction of sp³-hybridized carbons (Fsp3) is 0.438. The maximum Gasteiger partial charge on any atom is 0.233 e. The molecule has 1 aromatic carbocycles. The van der Waals surface area contributed by atoms with Crippen molar-refractivity contribution in [1.82, 2.24) is 20.1 Å². The van der Waals surface area contributed by atoms with Gasteiger partial charge in [0.1, 0.15) is 0 Å². The van der Waals surface area contributed by atoms with Crippen LogP contribution in [0.3, 0.4) is 0 Å². The van der Waals surface area contributed by atoms with Crippen LogP contribution in [-0.4, -0.2) is 46.2 Å². The molecule has 124 valence electrons. The second-order valence-corrected chi connectivity index (χ2v) is 6.27. The number of hydrogen-bond donors (Lipinski definition) is 1. The van der Waals surface area contributed by atoms with Gasteiger partial charge in [0.2, 0.25) is 5.91 Å². The Kier molecular flexibility index (Phi) is 6.61. The minimum Gasteiger partial charge on any atom is -0.383 e. The molecule has 1 N–H and O–H groups in total. The van der Waals surface area contributed by atoms with Gasteiger partial charge in [-0.15, -0.1) is 10.2 Å². The normalized spacial score (nSPS) is 12.1. The number of benzene rings is 1. The first-order valence-corrected chi connectivity index (χ1v) is 8.47. The number of carbonyl (C=O) groups is 1. The minimum atomic E-state index is -0.245. The van der Waals surface area contributed by atoms with Gasteiger partial charge >= 0.3 is 0 Å². The number of nitrogens with zero attached hydrogens (tertiary/aromatic N) is 3. The molecule has 0 saturated heterocycles. The van der Waals surface area contributed by atoms with E-state index in [1.165, 1.54) is 11.8 Å². The van der Waals surface area contributed by atoms with E-state index in [1.54, 1.807) is 7.11 Å². The molecule has 0 spiro atoms. The molecule has 0 unspecified atom stereocenters. The monoisotopic (exact) mass is 334 g/mol. The number of aromatic nitrogens is 3. The van der Waals surface area contributed by atoms with Crippen LogP contribution in [0.1, 0.15) is 13.8 Å². The maximum absolute atomic E-state index is 12.1. The standard InChI is InChI=1S/C16H22N4O2S/c1-4-20-14(13-8-6-5-7-9-13)18-19-16(20)23-12(2)15(21)17-10-11-22-3/h5-9,12H,4,10-11H2,1-3H3,(H,17,21)/t12-/m0/s1. The van der Waals surface area contributed by atoms with Crippen LogP contribution in [0, 0.1) is 0 Å². The number of amides is 1. The van der Waals surface area contributed by atoms with Crippen molar-refractivity contribution in [3.63, 3.8) is 0 Å². The van der Waals surface area contributed by atoms with Crippen LogP contribution < -0.4 is 5.32 Å². The number of thioether (sulfide) groups is 1. The summed E-state index contributed by atoms with van der Waals surface area (Å²) in [6.07, 6.45) is 0. The first-order valence-electron chi connectivity index (χ1n) is 7.59. The van der Waals surface area contributed by atoms with Crippen molar-refractivity contribution in [2.45, 2.75) is 30.8 Å². The fourth-order valence-corrected chi connectivity index (χ4v) is 3.03. The summed E-state index contributed by atoms with van der Waals surface area (Å²) < 4.78 is 6.96. The van der Waals surface area contributed by atoms with Gasteiger partial charge in [0.05, 0.1) is 11.9 Å². The van der Waals surface area contributed by atoms with Gasteiger partial charge in [-0.1, -0.05) is 42.1 Å². The summed E-state index contributed by atoms with van der Waals surface area (Å²) in [5, 5.41) is 11.9. The van der Waals surface area contributed by atoms with Gasteiger partial charge in [0.15, 0.2) is 11.0 Å². The van der Waals surface area contributed by atoms with E-state index < -0.39 is 0 Å². The van der Waals surface area contributed by atoms with E-state index in [4.69, 9.17) is 4.74 Å². The lowest BCUT2D eigenvalue weighted by Crippen LogP contribution is -2.33. The Morgan fingerprint density at radius 3 is 2.74 bits per heavy atom. The number of carbonyl (C=O) groups excluding carboxylic acids is 1. The van der Waals surface area contributed by atoms with Gasteiger partial charge in [-0.2, -0.15) is 0 Å². The van der Waals surface area contributed by atoms with Crippen LogP contribution in [0.4, 0.5) is 0 Å². The second-order valence-electron chi connectivity index (χ2n) is 4.96. The van der Waals surface area contributed by atoms with Crippen molar-refractivity contribution < 1.29 is 9.53 Å². The van der Waals surface area contributed by atoms with Gasteiger partial charge in [0, 0.05) is 25.8 Å². The minimum absolute atomic E-state index is 0.0287. The fourth-order valence-electron chi connectivity index (χ4n) is 2.09. The van der Waals surface area contributed by atoms with Crippen molar-refractivity contribution in [1.29, 1.82) is 0 Å². The molecule has 1 amide bonds. The third kappa shape index (κ3) is 4.56. The van der Waals surface area contributed by atoms with Gasteiger partial charge < -0.3 is 14.6 Å². The molecule has 0 bridgehead atoms. The summed E-state index contributed by atoms with van der Waals surface area (Å²) in [5.41, 5.74) is 1.02. The Balaban J connectivity index is 2.09. The topological polar surface area (TPSA) is 69.0 Å². The van der Waals surface area contributed by atoms with E-state index in [0.29, 0.717) is 13.2 Å². The third-order valence-corrected chi connectivity index (χ3v) is 4.40. The molecular weight excluding hydrogens is 312 g/mol. The zero-order valence-electron chi connectivity index (χ0n) is 13.7. The molecule has 1 heterocycles. The molecular formula is C16H22N4O2S. The summed E-state index contributed by atoms with van der Waals surface area (Å²) >= 11 is 1.41. The summed E-state index contributed by atoms with van der Waals surface area (Å²) in [4.78, 5) is 12.1. The van der Waals surface area contributed by atoms with Crippen molar-refractivity contribution in [2.75, 3.05) is 20.3 Å². The quantitative estimate of drug-likeness (QED) is 0.592. The second kappa shape index (κ2) is 8.69. The summed E-state index contributed by atoms with van der Waals surface area (Å²) in [6.45, 7) is 5.67. The first-order chi connectivity index (χ1) is 11.2. The van der Waals surface area contributed by atoms with E-state index in [1.807, 2.05) is 48.7 Å². The summed E-state index contributed by atoms with van der Waals surface area (Å²) in [5.74, 6) is 0.793. The Morgan fingerprint density at radius 2 is 2.09 bits per heavy atom. The average Bonchev–Trinajstić information content (AvgIpc) is 2.98. The average molecular weight is 334 g/mol. The van der Waals surface area contributed by atoms with E-state index in [2.05, 4.69) is 15.5 Å².